The number of benzene rings is 2. The molecule has 0 bridgehead atoms. The highest BCUT2D eigenvalue weighted by Gasteiger charge is 2.31. The van der Waals surface area contributed by atoms with Crippen LogP contribution in [-0.2, 0) is 36.8 Å². The number of hydrogen-bond acceptors (Lipinski definition) is 9. The molecule has 4 unspecified atom stereocenters. The molecule has 3 amide bonds. The average Bonchev–Trinajstić information content (AvgIpc) is 2.88. The van der Waals surface area contributed by atoms with Crippen molar-refractivity contribution in [1.29, 1.82) is 0 Å². The lowest BCUT2D eigenvalue weighted by Gasteiger charge is -2.23. The molecular formula is C25H30N4O10. The molecule has 0 saturated carbocycles. The Morgan fingerprint density at radius 1 is 0.667 bits per heavy atom. The van der Waals surface area contributed by atoms with Gasteiger partial charge in [-0.15, -0.1) is 0 Å². The summed E-state index contributed by atoms with van der Waals surface area (Å²) in [5.74, 6) is -5.99. The van der Waals surface area contributed by atoms with Gasteiger partial charge in [-0.2, -0.15) is 0 Å². The zero-order valence-corrected chi connectivity index (χ0v) is 20.6. The number of aliphatic hydroxyl groups is 1. The fraction of sp³-hybridized carbons (Fsp3) is 0.320. The van der Waals surface area contributed by atoms with Crippen LogP contribution in [0.25, 0.3) is 0 Å². The van der Waals surface area contributed by atoms with Crippen LogP contribution in [0.1, 0.15) is 17.5 Å². The van der Waals surface area contributed by atoms with Crippen LogP contribution in [0, 0.1) is 0 Å². The fourth-order valence-electron chi connectivity index (χ4n) is 3.45. The third-order valence-electron chi connectivity index (χ3n) is 5.55. The van der Waals surface area contributed by atoms with Crippen LogP contribution in [0.2, 0.25) is 0 Å². The van der Waals surface area contributed by atoms with E-state index in [9.17, 15) is 49.5 Å². The first-order valence-corrected chi connectivity index (χ1v) is 11.7. The van der Waals surface area contributed by atoms with Crippen molar-refractivity contribution in [3.05, 3.63) is 59.7 Å². The summed E-state index contributed by atoms with van der Waals surface area (Å²) in [6.45, 7) is -0.913. The minimum Gasteiger partial charge on any atom is -0.508 e. The average molecular weight is 547 g/mol. The number of phenols is 2. The number of rotatable bonds is 14. The van der Waals surface area contributed by atoms with Crippen LogP contribution in [0.15, 0.2) is 48.5 Å². The molecule has 4 atom stereocenters. The second kappa shape index (κ2) is 14.3. The molecule has 210 valence electrons. The minimum absolute atomic E-state index is 0.0174. The second-order valence-corrected chi connectivity index (χ2v) is 8.65. The Balaban J connectivity index is 2.05. The van der Waals surface area contributed by atoms with Gasteiger partial charge >= 0.3 is 11.9 Å². The Labute approximate surface area is 222 Å². The molecule has 2 aromatic rings. The van der Waals surface area contributed by atoms with Crippen molar-refractivity contribution in [3.63, 3.8) is 0 Å². The molecule has 0 fully saturated rings. The topological polar surface area (TPSA) is 249 Å². The monoisotopic (exact) mass is 546 g/mol. The molecule has 10 N–H and O–H groups in total. The van der Waals surface area contributed by atoms with Crippen LogP contribution in [0.3, 0.4) is 0 Å². The lowest BCUT2D eigenvalue weighted by Crippen LogP contribution is -2.58. The third-order valence-corrected chi connectivity index (χ3v) is 5.55. The van der Waals surface area contributed by atoms with Crippen molar-refractivity contribution in [2.75, 3.05) is 6.61 Å². The Kier molecular flexibility index (Phi) is 11.2. The van der Waals surface area contributed by atoms with E-state index in [0.29, 0.717) is 11.1 Å². The van der Waals surface area contributed by atoms with E-state index in [4.69, 9.17) is 5.73 Å². The molecule has 0 saturated heterocycles. The second-order valence-electron chi connectivity index (χ2n) is 8.65. The van der Waals surface area contributed by atoms with E-state index < -0.39 is 66.9 Å². The molecule has 39 heavy (non-hydrogen) atoms. The molecule has 0 aliphatic heterocycles. The first kappa shape index (κ1) is 30.5. The molecule has 0 aliphatic carbocycles. The maximum atomic E-state index is 12.8. The molecule has 2 aromatic carbocycles. The quantitative estimate of drug-likeness (QED) is 0.128. The summed E-state index contributed by atoms with van der Waals surface area (Å²) in [6, 6.07) is 5.42. The van der Waals surface area contributed by atoms with Crippen molar-refractivity contribution in [2.45, 2.75) is 43.4 Å². The summed E-state index contributed by atoms with van der Waals surface area (Å²) >= 11 is 0. The number of phenolic OH excluding ortho intramolecular Hbond substituents is 2. The van der Waals surface area contributed by atoms with Gasteiger partial charge in [0, 0.05) is 6.42 Å². The van der Waals surface area contributed by atoms with E-state index in [1.807, 2.05) is 0 Å². The molecule has 0 aromatic heterocycles. The lowest BCUT2D eigenvalue weighted by atomic mass is 10.0. The van der Waals surface area contributed by atoms with E-state index in [0.717, 1.165) is 0 Å². The van der Waals surface area contributed by atoms with E-state index in [1.165, 1.54) is 36.4 Å². The molecular weight excluding hydrogens is 516 g/mol. The number of aliphatic hydroxyl groups excluding tert-OH is 1. The summed E-state index contributed by atoms with van der Waals surface area (Å²) in [4.78, 5) is 60.9. The predicted molar refractivity (Wildman–Crippen MR) is 134 cm³/mol. The maximum Gasteiger partial charge on any atom is 0.326 e. The number of nitrogens with one attached hydrogen (secondary N) is 3. The standard InChI is InChI=1S/C25H30N4O10/c26-17(9-13-1-5-15(31)6-2-13)22(35)29-20(12-30)24(37)27-18(11-21(33)34)23(36)28-19(25(38)39)10-14-3-7-16(32)8-4-14/h1-8,17-20,30-32H,9-12,26H2,(H,27,37)(H,28,36)(H,29,35)(H,33,34)(H,38,39). The first-order valence-electron chi connectivity index (χ1n) is 11.7. The Morgan fingerprint density at radius 3 is 1.56 bits per heavy atom. The lowest BCUT2D eigenvalue weighted by molar-refractivity contribution is -0.143. The van der Waals surface area contributed by atoms with Crippen molar-refractivity contribution >= 4 is 29.7 Å². The van der Waals surface area contributed by atoms with Crippen molar-refractivity contribution in [1.82, 2.24) is 16.0 Å². The van der Waals surface area contributed by atoms with Gasteiger partial charge in [0.25, 0.3) is 0 Å². The molecule has 0 aliphatic rings. The molecule has 14 heteroatoms. The van der Waals surface area contributed by atoms with Gasteiger partial charge in [-0.25, -0.2) is 4.79 Å². The van der Waals surface area contributed by atoms with E-state index in [2.05, 4.69) is 16.0 Å². The number of carboxylic acid groups (broad SMARTS) is 2. The highest BCUT2D eigenvalue weighted by Crippen LogP contribution is 2.12. The highest BCUT2D eigenvalue weighted by molar-refractivity contribution is 5.95. The Bertz CT molecular complexity index is 1170. The zero-order valence-electron chi connectivity index (χ0n) is 20.6. The predicted octanol–water partition coefficient (Wildman–Crippen LogP) is -1.78. The summed E-state index contributed by atoms with van der Waals surface area (Å²) in [5.41, 5.74) is 6.92. The van der Waals surface area contributed by atoms with Crippen LogP contribution < -0.4 is 21.7 Å². The van der Waals surface area contributed by atoms with Gasteiger partial charge < -0.3 is 47.2 Å². The van der Waals surface area contributed by atoms with Gasteiger partial charge in [0.15, 0.2) is 0 Å². The van der Waals surface area contributed by atoms with Gasteiger partial charge in [0.2, 0.25) is 17.7 Å². The van der Waals surface area contributed by atoms with Crippen molar-refractivity contribution in [2.24, 2.45) is 5.73 Å². The van der Waals surface area contributed by atoms with Gasteiger partial charge in [-0.3, -0.25) is 19.2 Å². The molecule has 0 radical (unpaired) electrons. The third kappa shape index (κ3) is 9.94. The van der Waals surface area contributed by atoms with E-state index >= 15 is 0 Å². The van der Waals surface area contributed by atoms with Crippen LogP contribution in [-0.4, -0.2) is 86.0 Å². The van der Waals surface area contributed by atoms with Crippen molar-refractivity contribution < 1.29 is 49.5 Å². The number of nitrogens with two attached hydrogens (primary N) is 1. The van der Waals surface area contributed by atoms with E-state index in [-0.39, 0.29) is 24.3 Å². The number of carbonyl (C=O) groups excluding carboxylic acids is 3. The number of carboxylic acids is 2. The van der Waals surface area contributed by atoms with Crippen LogP contribution >= 0.6 is 0 Å². The Hall–Kier alpha value is -4.69. The normalized spacial score (nSPS) is 13.8. The van der Waals surface area contributed by atoms with Crippen molar-refractivity contribution in [3.8, 4) is 11.5 Å². The molecule has 14 nitrogen and oxygen atoms in total. The number of hydrogen-bond donors (Lipinski definition) is 9. The fourth-order valence-corrected chi connectivity index (χ4v) is 3.45. The van der Waals surface area contributed by atoms with Gasteiger partial charge in [-0.05, 0) is 41.8 Å². The Morgan fingerprint density at radius 2 is 1.10 bits per heavy atom. The summed E-state index contributed by atoms with van der Waals surface area (Å²) < 4.78 is 0. The maximum absolute atomic E-state index is 12.8. The largest absolute Gasteiger partial charge is 0.508 e. The minimum atomic E-state index is -1.74. The van der Waals surface area contributed by atoms with Gasteiger partial charge in [0.05, 0.1) is 19.1 Å². The smallest absolute Gasteiger partial charge is 0.326 e. The summed E-state index contributed by atoms with van der Waals surface area (Å²) in [6.07, 6.45) is -1.09. The van der Waals surface area contributed by atoms with Gasteiger partial charge in [0.1, 0.15) is 29.6 Å². The number of carbonyl (C=O) groups is 5. The van der Waals surface area contributed by atoms with E-state index in [1.54, 1.807) is 12.1 Å². The zero-order chi connectivity index (χ0) is 29.1. The number of aliphatic carboxylic acids is 2. The molecule has 0 heterocycles. The SMILES string of the molecule is NC(Cc1ccc(O)cc1)C(=O)NC(CO)C(=O)NC(CC(=O)O)C(=O)NC(Cc1ccc(O)cc1)C(=O)O. The first-order chi connectivity index (χ1) is 18.4. The number of amides is 3. The van der Waals surface area contributed by atoms with Gasteiger partial charge in [-0.1, -0.05) is 24.3 Å². The number of aromatic hydroxyl groups is 2. The summed E-state index contributed by atoms with van der Waals surface area (Å²) in [5, 5.41) is 53.6. The highest BCUT2D eigenvalue weighted by atomic mass is 16.4. The molecule has 0 spiro atoms. The summed E-state index contributed by atoms with van der Waals surface area (Å²) in [7, 11) is 0. The van der Waals surface area contributed by atoms with Crippen LogP contribution in [0.4, 0.5) is 0 Å². The molecule has 2 rings (SSSR count). The van der Waals surface area contributed by atoms with Crippen LogP contribution in [0.5, 0.6) is 11.5 Å².